The van der Waals surface area contributed by atoms with Crippen LogP contribution in [0.2, 0.25) is 0 Å². The molecule has 3 aromatic rings. The lowest BCUT2D eigenvalue weighted by molar-refractivity contribution is 0.0689. The molecule has 0 saturated heterocycles. The molecule has 0 spiro atoms. The predicted molar refractivity (Wildman–Crippen MR) is 81.6 cm³/mol. The van der Waals surface area contributed by atoms with E-state index < -0.39 is 5.97 Å². The fourth-order valence-corrected chi connectivity index (χ4v) is 2.45. The van der Waals surface area contributed by atoms with E-state index in [9.17, 15) is 9.90 Å². The number of benzene rings is 1. The Labute approximate surface area is 122 Å². The minimum Gasteiger partial charge on any atom is -0.477 e. The van der Waals surface area contributed by atoms with Crippen molar-refractivity contribution in [1.82, 2.24) is 9.38 Å². The third kappa shape index (κ3) is 2.52. The van der Waals surface area contributed by atoms with Crippen LogP contribution < -0.4 is 0 Å². The summed E-state index contributed by atoms with van der Waals surface area (Å²) in [6, 6.07) is 13.4. The highest BCUT2D eigenvalue weighted by atomic mass is 16.4. The Balaban J connectivity index is 2.04. The van der Waals surface area contributed by atoms with Crippen molar-refractivity contribution in [1.29, 1.82) is 0 Å². The molecule has 0 aliphatic heterocycles. The zero-order valence-corrected chi connectivity index (χ0v) is 11.8. The number of fused-ring (bicyclic) bond motifs is 1. The van der Waals surface area contributed by atoms with Crippen LogP contribution in [0.3, 0.4) is 0 Å². The van der Waals surface area contributed by atoms with Gasteiger partial charge in [0.15, 0.2) is 0 Å². The van der Waals surface area contributed by atoms with Gasteiger partial charge in [-0.1, -0.05) is 43.7 Å². The number of hydrogen-bond donors (Lipinski definition) is 1. The molecule has 1 aromatic carbocycles. The number of nitrogens with zero attached hydrogens (tertiary/aromatic N) is 2. The average Bonchev–Trinajstić information content (AvgIpc) is 2.92. The molecule has 0 atom stereocenters. The summed E-state index contributed by atoms with van der Waals surface area (Å²) >= 11 is 0. The molecule has 1 N–H and O–H groups in total. The first-order chi connectivity index (χ1) is 10.2. The normalized spacial score (nSPS) is 10.9. The number of hydrogen-bond acceptors (Lipinski definition) is 2. The fraction of sp³-hybridized carbons (Fsp3) is 0.176. The Morgan fingerprint density at radius 3 is 2.62 bits per heavy atom. The van der Waals surface area contributed by atoms with Gasteiger partial charge in [-0.25, -0.2) is 9.78 Å². The maximum absolute atomic E-state index is 11.2. The van der Waals surface area contributed by atoms with Crippen LogP contribution in [0.4, 0.5) is 0 Å². The van der Waals surface area contributed by atoms with Crippen molar-refractivity contribution in [3.63, 3.8) is 0 Å². The average molecular weight is 280 g/mol. The van der Waals surface area contributed by atoms with E-state index in [1.54, 1.807) is 28.8 Å². The zero-order chi connectivity index (χ0) is 14.8. The van der Waals surface area contributed by atoms with E-state index in [2.05, 4.69) is 24.0 Å². The smallest absolute Gasteiger partial charge is 0.352 e. The van der Waals surface area contributed by atoms with Crippen molar-refractivity contribution < 1.29 is 9.90 Å². The third-order valence-electron chi connectivity index (χ3n) is 3.50. The Kier molecular flexibility index (Phi) is 3.44. The molecule has 0 aliphatic carbocycles. The van der Waals surface area contributed by atoms with E-state index in [4.69, 9.17) is 0 Å². The van der Waals surface area contributed by atoms with E-state index >= 15 is 0 Å². The number of carboxylic acid groups (broad SMARTS) is 1. The quantitative estimate of drug-likeness (QED) is 0.793. The Morgan fingerprint density at radius 2 is 1.95 bits per heavy atom. The van der Waals surface area contributed by atoms with Crippen molar-refractivity contribution in [3.8, 4) is 11.3 Å². The monoisotopic (exact) mass is 280 g/mol. The molecule has 0 aliphatic rings. The van der Waals surface area contributed by atoms with E-state index in [-0.39, 0.29) is 5.69 Å². The molecule has 4 nitrogen and oxygen atoms in total. The molecule has 0 saturated carbocycles. The van der Waals surface area contributed by atoms with Gasteiger partial charge in [0.2, 0.25) is 0 Å². The number of carbonyl (C=O) groups is 1. The zero-order valence-electron chi connectivity index (χ0n) is 11.8. The van der Waals surface area contributed by atoms with Crippen LogP contribution in [0.15, 0.2) is 48.7 Å². The standard InChI is InChI=1S/C17H16N2O2/c1-2-4-12-7-9-13(10-8-12)14-11-19-15(17(20)21)5-3-6-16(19)18-14/h3,5-11H,2,4H2,1H3,(H,20,21). The first kappa shape index (κ1) is 13.4. The van der Waals surface area contributed by atoms with Crippen LogP contribution in [0.1, 0.15) is 29.4 Å². The number of imidazole rings is 1. The van der Waals surface area contributed by atoms with Crippen LogP contribution in [0.5, 0.6) is 0 Å². The molecule has 21 heavy (non-hydrogen) atoms. The largest absolute Gasteiger partial charge is 0.477 e. The second kappa shape index (κ2) is 5.40. The number of carboxylic acids is 1. The Bertz CT molecular complexity index is 788. The molecule has 0 unspecified atom stereocenters. The van der Waals surface area contributed by atoms with Crippen molar-refractivity contribution in [2.45, 2.75) is 19.8 Å². The van der Waals surface area contributed by atoms with Gasteiger partial charge in [0.25, 0.3) is 0 Å². The van der Waals surface area contributed by atoms with Gasteiger partial charge in [-0.3, -0.25) is 4.40 Å². The summed E-state index contributed by atoms with van der Waals surface area (Å²) in [6.07, 6.45) is 3.96. The molecule has 4 heteroatoms. The van der Waals surface area contributed by atoms with E-state index in [1.165, 1.54) is 5.56 Å². The SMILES string of the molecule is CCCc1ccc(-c2cn3c(C(=O)O)cccc3n2)cc1. The topological polar surface area (TPSA) is 54.6 Å². The molecular formula is C17H16N2O2. The summed E-state index contributed by atoms with van der Waals surface area (Å²) in [5.74, 6) is -0.956. The van der Waals surface area contributed by atoms with Gasteiger partial charge in [-0.05, 0) is 24.1 Å². The molecule has 0 bridgehead atoms. The lowest BCUT2D eigenvalue weighted by Gasteiger charge is -2.00. The summed E-state index contributed by atoms with van der Waals surface area (Å²) in [5.41, 5.74) is 3.94. The number of aromatic nitrogens is 2. The summed E-state index contributed by atoms with van der Waals surface area (Å²) < 4.78 is 1.61. The number of aryl methyl sites for hydroxylation is 1. The highest BCUT2D eigenvalue weighted by Gasteiger charge is 2.11. The van der Waals surface area contributed by atoms with E-state index in [0.29, 0.717) is 5.65 Å². The van der Waals surface area contributed by atoms with Gasteiger partial charge >= 0.3 is 5.97 Å². The van der Waals surface area contributed by atoms with Crippen LogP contribution in [-0.2, 0) is 6.42 Å². The first-order valence-corrected chi connectivity index (χ1v) is 7.00. The van der Waals surface area contributed by atoms with Gasteiger partial charge < -0.3 is 5.11 Å². The fourth-order valence-electron chi connectivity index (χ4n) is 2.45. The van der Waals surface area contributed by atoms with E-state index in [0.717, 1.165) is 24.1 Å². The number of pyridine rings is 1. The van der Waals surface area contributed by atoms with Crippen molar-refractivity contribution in [3.05, 3.63) is 59.9 Å². The van der Waals surface area contributed by atoms with Crippen molar-refractivity contribution in [2.24, 2.45) is 0 Å². The second-order valence-corrected chi connectivity index (χ2v) is 5.02. The Morgan fingerprint density at radius 1 is 1.19 bits per heavy atom. The van der Waals surface area contributed by atoms with Gasteiger partial charge in [-0.2, -0.15) is 0 Å². The van der Waals surface area contributed by atoms with Gasteiger partial charge in [-0.15, -0.1) is 0 Å². The van der Waals surface area contributed by atoms with Gasteiger partial charge in [0.05, 0.1) is 5.69 Å². The van der Waals surface area contributed by atoms with Crippen molar-refractivity contribution >= 4 is 11.6 Å². The minimum absolute atomic E-state index is 0.217. The highest BCUT2D eigenvalue weighted by Crippen LogP contribution is 2.21. The van der Waals surface area contributed by atoms with Gasteiger partial charge in [0, 0.05) is 11.8 Å². The minimum atomic E-state index is -0.956. The summed E-state index contributed by atoms with van der Waals surface area (Å²) in [5, 5.41) is 9.21. The third-order valence-corrected chi connectivity index (χ3v) is 3.50. The summed E-state index contributed by atoms with van der Waals surface area (Å²) in [7, 11) is 0. The summed E-state index contributed by atoms with van der Waals surface area (Å²) in [4.78, 5) is 15.7. The molecule has 0 amide bonds. The Hall–Kier alpha value is -2.62. The van der Waals surface area contributed by atoms with Crippen molar-refractivity contribution in [2.75, 3.05) is 0 Å². The molecule has 2 heterocycles. The number of rotatable bonds is 4. The lowest BCUT2D eigenvalue weighted by atomic mass is 10.1. The maximum Gasteiger partial charge on any atom is 0.352 e. The molecule has 106 valence electrons. The van der Waals surface area contributed by atoms with Gasteiger partial charge in [0.1, 0.15) is 11.3 Å². The molecular weight excluding hydrogens is 264 g/mol. The molecule has 3 rings (SSSR count). The summed E-state index contributed by atoms with van der Waals surface area (Å²) in [6.45, 7) is 2.16. The first-order valence-electron chi connectivity index (χ1n) is 7.00. The van der Waals surface area contributed by atoms with Crippen LogP contribution in [-0.4, -0.2) is 20.5 Å². The van der Waals surface area contributed by atoms with Crippen LogP contribution in [0, 0.1) is 0 Å². The highest BCUT2D eigenvalue weighted by molar-refractivity contribution is 5.87. The predicted octanol–water partition coefficient (Wildman–Crippen LogP) is 3.65. The second-order valence-electron chi connectivity index (χ2n) is 5.02. The van der Waals surface area contributed by atoms with E-state index in [1.807, 2.05) is 12.1 Å². The molecule has 2 aromatic heterocycles. The molecule has 0 radical (unpaired) electrons. The lowest BCUT2D eigenvalue weighted by Crippen LogP contribution is -2.03. The number of aromatic carboxylic acids is 1. The molecule has 0 fully saturated rings. The van der Waals surface area contributed by atoms with Crippen LogP contribution in [0.25, 0.3) is 16.9 Å². The van der Waals surface area contributed by atoms with Crippen LogP contribution >= 0.6 is 0 Å². The maximum atomic E-state index is 11.2.